The number of hydrogen-bond donors (Lipinski definition) is 1. The van der Waals surface area contributed by atoms with Crippen LogP contribution in [0.1, 0.15) is 49.7 Å². The lowest BCUT2D eigenvalue weighted by Crippen LogP contribution is -2.67. The molecule has 10 heteroatoms. The highest BCUT2D eigenvalue weighted by atomic mass is 16.5. The predicted octanol–water partition coefficient (Wildman–Crippen LogP) is 2.73. The molecular formula is C22H29N7O3. The number of imidazole rings is 1. The summed E-state index contributed by atoms with van der Waals surface area (Å²) < 4.78 is 8.89. The highest BCUT2D eigenvalue weighted by Crippen LogP contribution is 2.50. The van der Waals surface area contributed by atoms with E-state index in [0.717, 1.165) is 37.3 Å². The Bertz CT molecular complexity index is 1180. The number of carbonyl (C=O) groups is 2. The van der Waals surface area contributed by atoms with Crippen LogP contribution in [0.15, 0.2) is 29.2 Å². The number of aryl methyl sites for hydroxylation is 1. The van der Waals surface area contributed by atoms with Gasteiger partial charge in [-0.2, -0.15) is 5.10 Å². The van der Waals surface area contributed by atoms with Crippen molar-refractivity contribution in [3.63, 3.8) is 0 Å². The second kappa shape index (κ2) is 6.85. The largest absolute Gasteiger partial charge is 0.338 e. The van der Waals surface area contributed by atoms with E-state index < -0.39 is 0 Å². The normalized spacial score (nSPS) is 18.0. The van der Waals surface area contributed by atoms with E-state index in [1.54, 1.807) is 28.7 Å². The van der Waals surface area contributed by atoms with Crippen LogP contribution < -0.4 is 5.32 Å². The maximum atomic E-state index is 12.9. The molecule has 1 aliphatic carbocycles. The van der Waals surface area contributed by atoms with E-state index in [4.69, 9.17) is 4.52 Å². The Labute approximate surface area is 186 Å². The fraction of sp³-hybridized carbons (Fsp3) is 0.545. The fourth-order valence-corrected chi connectivity index (χ4v) is 4.80. The lowest BCUT2D eigenvalue weighted by atomic mass is 9.60. The van der Waals surface area contributed by atoms with Crippen molar-refractivity contribution >= 4 is 23.5 Å². The van der Waals surface area contributed by atoms with Gasteiger partial charge in [0.2, 0.25) is 5.88 Å². The van der Waals surface area contributed by atoms with Gasteiger partial charge in [0.05, 0.1) is 11.9 Å². The number of nitrogens with zero attached hydrogens (tertiary/aromatic N) is 6. The number of anilines is 1. The molecule has 3 aromatic heterocycles. The van der Waals surface area contributed by atoms with Crippen molar-refractivity contribution in [3.8, 4) is 0 Å². The standard InChI is InChI=1S/C22H29N7O3/c1-21(2,3)16-8-17(32-25-16)24-20(31)27(5)14-9-22(10-14)12-28(13-22)19(30)15-11-23-29-7-6-26(4)18(15)29/h6-8,11,14H,9-10,12-13H2,1-5H3,(H,24,31). The SMILES string of the molecule is CN(C(=O)Nc1cc(C(C)(C)C)no1)C1CC2(C1)CN(C(=O)c1cnn3ccn(C)c13)C2. The molecule has 2 aliphatic rings. The fourth-order valence-electron chi connectivity index (χ4n) is 4.80. The van der Waals surface area contributed by atoms with Crippen LogP contribution in [0.4, 0.5) is 10.7 Å². The van der Waals surface area contributed by atoms with Gasteiger partial charge >= 0.3 is 6.03 Å². The zero-order valence-corrected chi connectivity index (χ0v) is 19.1. The molecule has 0 radical (unpaired) electrons. The van der Waals surface area contributed by atoms with Gasteiger partial charge in [-0.15, -0.1) is 0 Å². The highest BCUT2D eigenvalue weighted by Gasteiger charge is 2.55. The Kier molecular flexibility index (Phi) is 4.41. The van der Waals surface area contributed by atoms with E-state index in [-0.39, 0.29) is 28.8 Å². The first-order valence-electron chi connectivity index (χ1n) is 10.9. The number of urea groups is 1. The third kappa shape index (κ3) is 3.25. The van der Waals surface area contributed by atoms with Crippen LogP contribution in [0.3, 0.4) is 0 Å². The van der Waals surface area contributed by atoms with Crippen molar-refractivity contribution in [1.29, 1.82) is 0 Å². The number of likely N-dealkylation sites (tertiary alicyclic amines) is 1. The number of fused-ring (bicyclic) bond motifs is 1. The predicted molar refractivity (Wildman–Crippen MR) is 118 cm³/mol. The van der Waals surface area contributed by atoms with Gasteiger partial charge in [0.25, 0.3) is 5.91 Å². The summed E-state index contributed by atoms with van der Waals surface area (Å²) in [6, 6.07) is 1.71. The zero-order chi connectivity index (χ0) is 22.8. The molecule has 1 saturated carbocycles. The van der Waals surface area contributed by atoms with E-state index in [0.29, 0.717) is 11.4 Å². The third-order valence-electron chi connectivity index (χ3n) is 6.82. The van der Waals surface area contributed by atoms with Crippen molar-refractivity contribution < 1.29 is 14.1 Å². The first kappa shape index (κ1) is 20.6. The molecule has 10 nitrogen and oxygen atoms in total. The number of aromatic nitrogens is 4. The van der Waals surface area contributed by atoms with Crippen molar-refractivity contribution in [2.75, 3.05) is 25.5 Å². The Morgan fingerprint density at radius 2 is 1.97 bits per heavy atom. The zero-order valence-electron chi connectivity index (χ0n) is 19.1. The van der Waals surface area contributed by atoms with Crippen molar-refractivity contribution in [2.45, 2.75) is 45.1 Å². The second-order valence-electron chi connectivity index (χ2n) is 10.3. The molecule has 4 heterocycles. The number of rotatable bonds is 3. The molecule has 32 heavy (non-hydrogen) atoms. The summed E-state index contributed by atoms with van der Waals surface area (Å²) in [7, 11) is 3.71. The molecule has 1 N–H and O–H groups in total. The van der Waals surface area contributed by atoms with Crippen molar-refractivity contribution in [2.24, 2.45) is 12.5 Å². The van der Waals surface area contributed by atoms with Crippen LogP contribution in [0, 0.1) is 5.41 Å². The summed E-state index contributed by atoms with van der Waals surface area (Å²) >= 11 is 0. The molecule has 0 unspecified atom stereocenters. The molecule has 0 atom stereocenters. The van der Waals surface area contributed by atoms with Gasteiger partial charge < -0.3 is 18.9 Å². The lowest BCUT2D eigenvalue weighted by Gasteiger charge is -2.60. The van der Waals surface area contributed by atoms with Crippen LogP contribution in [-0.2, 0) is 12.5 Å². The third-order valence-corrected chi connectivity index (χ3v) is 6.82. The average molecular weight is 440 g/mol. The van der Waals surface area contributed by atoms with Crippen molar-refractivity contribution in [3.05, 3.63) is 35.9 Å². The van der Waals surface area contributed by atoms with Gasteiger partial charge in [-0.05, 0) is 12.8 Å². The summed E-state index contributed by atoms with van der Waals surface area (Å²) in [6.07, 6.45) is 7.13. The van der Waals surface area contributed by atoms with Gasteiger partial charge in [0, 0.05) is 62.5 Å². The Morgan fingerprint density at radius 1 is 1.25 bits per heavy atom. The molecule has 2 fully saturated rings. The maximum absolute atomic E-state index is 12.9. The highest BCUT2D eigenvalue weighted by molar-refractivity contribution is 6.00. The number of hydrogen-bond acceptors (Lipinski definition) is 5. The molecule has 1 saturated heterocycles. The molecule has 1 aliphatic heterocycles. The minimum atomic E-state index is -0.209. The summed E-state index contributed by atoms with van der Waals surface area (Å²) in [5.41, 5.74) is 2.20. The van der Waals surface area contributed by atoms with Crippen LogP contribution in [0.25, 0.3) is 5.65 Å². The average Bonchev–Trinajstić information content (AvgIpc) is 3.36. The molecule has 0 aromatic carbocycles. The molecule has 5 rings (SSSR count). The van der Waals surface area contributed by atoms with Crippen LogP contribution in [0.2, 0.25) is 0 Å². The maximum Gasteiger partial charge on any atom is 0.324 e. The molecule has 1 spiro atoms. The first-order chi connectivity index (χ1) is 15.1. The molecule has 3 amide bonds. The molecule has 0 bridgehead atoms. The van der Waals surface area contributed by atoms with E-state index in [2.05, 4.69) is 15.6 Å². The van der Waals surface area contributed by atoms with Gasteiger partial charge in [0.15, 0.2) is 0 Å². The summed E-state index contributed by atoms with van der Waals surface area (Å²) in [5, 5.41) is 11.1. The lowest BCUT2D eigenvalue weighted by molar-refractivity contribution is -0.0787. The van der Waals surface area contributed by atoms with E-state index in [1.165, 1.54) is 0 Å². The van der Waals surface area contributed by atoms with Gasteiger partial charge in [-0.25, -0.2) is 9.31 Å². The summed E-state index contributed by atoms with van der Waals surface area (Å²) in [6.45, 7) is 7.56. The summed E-state index contributed by atoms with van der Waals surface area (Å²) in [5.74, 6) is 0.372. The topological polar surface area (TPSA) is 101 Å². The Hall–Kier alpha value is -3.30. The van der Waals surface area contributed by atoms with Gasteiger partial charge in [-0.1, -0.05) is 25.9 Å². The molecule has 3 aromatic rings. The van der Waals surface area contributed by atoms with Gasteiger partial charge in [-0.3, -0.25) is 10.1 Å². The second-order valence-corrected chi connectivity index (χ2v) is 10.3. The first-order valence-corrected chi connectivity index (χ1v) is 10.9. The Balaban J connectivity index is 1.14. The monoisotopic (exact) mass is 439 g/mol. The van der Waals surface area contributed by atoms with E-state index >= 15 is 0 Å². The Morgan fingerprint density at radius 3 is 2.62 bits per heavy atom. The number of amides is 3. The van der Waals surface area contributed by atoms with E-state index in [9.17, 15) is 9.59 Å². The van der Waals surface area contributed by atoms with Crippen LogP contribution >= 0.6 is 0 Å². The van der Waals surface area contributed by atoms with Crippen LogP contribution in [0.5, 0.6) is 0 Å². The minimum absolute atomic E-state index is 0.0157. The van der Waals surface area contributed by atoms with Gasteiger partial charge in [0.1, 0.15) is 11.2 Å². The van der Waals surface area contributed by atoms with E-state index in [1.807, 2.05) is 49.7 Å². The van der Waals surface area contributed by atoms with Crippen molar-refractivity contribution in [1.82, 2.24) is 29.1 Å². The summed E-state index contributed by atoms with van der Waals surface area (Å²) in [4.78, 5) is 29.2. The quantitative estimate of drug-likeness (QED) is 0.676. The molecular weight excluding hydrogens is 410 g/mol. The number of nitrogens with one attached hydrogen (secondary N) is 1. The molecule has 170 valence electrons. The number of carbonyl (C=O) groups excluding carboxylic acids is 2. The van der Waals surface area contributed by atoms with Crippen LogP contribution in [-0.4, -0.2) is 67.3 Å². The smallest absolute Gasteiger partial charge is 0.324 e. The minimum Gasteiger partial charge on any atom is -0.338 e.